The molecule has 4 aromatic rings. The Balaban J connectivity index is 1.61. The van der Waals surface area contributed by atoms with Gasteiger partial charge in [0.1, 0.15) is 22.4 Å². The number of halogens is 1. The zero-order valence-corrected chi connectivity index (χ0v) is 15.6. The first kappa shape index (κ1) is 18.5. The molecule has 9 nitrogen and oxygen atoms in total. The van der Waals surface area contributed by atoms with Gasteiger partial charge < -0.3 is 9.73 Å². The third-order valence-electron chi connectivity index (χ3n) is 4.00. The zero-order valence-electron chi connectivity index (χ0n) is 14.8. The van der Waals surface area contributed by atoms with Crippen molar-refractivity contribution in [3.8, 4) is 16.4 Å². The van der Waals surface area contributed by atoms with Gasteiger partial charge in [0, 0.05) is 10.9 Å². The molecule has 29 heavy (non-hydrogen) atoms. The number of benzene rings is 1. The molecule has 4 rings (SSSR count). The molecule has 1 aromatic carbocycles. The van der Waals surface area contributed by atoms with Crippen molar-refractivity contribution in [2.24, 2.45) is 0 Å². The lowest BCUT2D eigenvalue weighted by atomic mass is 10.2. The molecule has 0 unspecified atom stereocenters. The lowest BCUT2D eigenvalue weighted by Gasteiger charge is -2.07. The van der Waals surface area contributed by atoms with Crippen molar-refractivity contribution < 1.29 is 18.5 Å². The summed E-state index contributed by atoms with van der Waals surface area (Å²) in [5, 5.41) is 15.7. The molecule has 1 N–H and O–H groups in total. The Kier molecular flexibility index (Phi) is 4.64. The van der Waals surface area contributed by atoms with Gasteiger partial charge in [-0.15, -0.1) is 11.3 Å². The molecule has 0 aliphatic carbocycles. The number of nitrogens with one attached hydrogen (secondary N) is 1. The van der Waals surface area contributed by atoms with Gasteiger partial charge in [-0.3, -0.25) is 19.5 Å². The third-order valence-corrected chi connectivity index (χ3v) is 4.82. The molecule has 0 aliphatic heterocycles. The Morgan fingerprint density at radius 1 is 1.28 bits per heavy atom. The lowest BCUT2D eigenvalue weighted by molar-refractivity contribution is -0.402. The summed E-state index contributed by atoms with van der Waals surface area (Å²) in [6.45, 7) is 1.74. The molecule has 0 spiro atoms. The number of carbonyl (C=O) groups excluding carboxylic acids is 1. The van der Waals surface area contributed by atoms with Crippen molar-refractivity contribution in [2.45, 2.75) is 6.92 Å². The van der Waals surface area contributed by atoms with Crippen LogP contribution in [0.15, 0.2) is 52.4 Å². The second-order valence-electron chi connectivity index (χ2n) is 5.90. The standard InChI is InChI=1S/C18H12FN5O4S/c1-10-20-8-15(22-17(25)14-6-7-16(28-14)24(26)27)23(10)18-21-13(9-29-18)11-2-4-12(19)5-3-11/h2-9H,1H3,(H,22,25). The van der Waals surface area contributed by atoms with E-state index in [-0.39, 0.29) is 11.6 Å². The number of nitro groups is 1. The number of imidazole rings is 1. The quantitative estimate of drug-likeness (QED) is 0.387. The van der Waals surface area contributed by atoms with E-state index in [4.69, 9.17) is 4.42 Å². The van der Waals surface area contributed by atoms with Crippen LogP contribution in [0.2, 0.25) is 0 Å². The maximum atomic E-state index is 13.1. The summed E-state index contributed by atoms with van der Waals surface area (Å²) < 4.78 is 19.7. The summed E-state index contributed by atoms with van der Waals surface area (Å²) in [4.78, 5) is 31.1. The highest BCUT2D eigenvalue weighted by molar-refractivity contribution is 7.12. The summed E-state index contributed by atoms with van der Waals surface area (Å²) in [6.07, 6.45) is 1.45. The van der Waals surface area contributed by atoms with Crippen LogP contribution >= 0.6 is 11.3 Å². The second-order valence-corrected chi connectivity index (χ2v) is 6.73. The van der Waals surface area contributed by atoms with E-state index in [0.717, 1.165) is 11.6 Å². The third kappa shape index (κ3) is 3.62. The Hall–Kier alpha value is -3.86. The van der Waals surface area contributed by atoms with Crippen LogP contribution in [-0.2, 0) is 0 Å². The number of rotatable bonds is 5. The Labute approximate surface area is 166 Å². The average molecular weight is 413 g/mol. The van der Waals surface area contributed by atoms with Crippen molar-refractivity contribution in [2.75, 3.05) is 5.32 Å². The van der Waals surface area contributed by atoms with E-state index in [9.17, 15) is 19.3 Å². The number of nitrogens with zero attached hydrogens (tertiary/aromatic N) is 4. The molecule has 0 bridgehead atoms. The van der Waals surface area contributed by atoms with Crippen LogP contribution in [0.1, 0.15) is 16.4 Å². The molecular weight excluding hydrogens is 401 g/mol. The van der Waals surface area contributed by atoms with Crippen LogP contribution in [0.25, 0.3) is 16.4 Å². The number of hydrogen-bond donors (Lipinski definition) is 1. The van der Waals surface area contributed by atoms with E-state index in [0.29, 0.717) is 22.5 Å². The van der Waals surface area contributed by atoms with E-state index >= 15 is 0 Å². The smallest absolute Gasteiger partial charge is 0.395 e. The van der Waals surface area contributed by atoms with Crippen LogP contribution < -0.4 is 5.32 Å². The van der Waals surface area contributed by atoms with Gasteiger partial charge >= 0.3 is 5.88 Å². The summed E-state index contributed by atoms with van der Waals surface area (Å²) in [5.41, 5.74) is 1.40. The first-order valence-corrected chi connectivity index (χ1v) is 9.12. The van der Waals surface area contributed by atoms with Crippen molar-refractivity contribution >= 4 is 28.9 Å². The van der Waals surface area contributed by atoms with Crippen LogP contribution in [0.5, 0.6) is 0 Å². The van der Waals surface area contributed by atoms with Gasteiger partial charge in [-0.05, 0) is 37.3 Å². The largest absolute Gasteiger partial charge is 0.433 e. The Morgan fingerprint density at radius 2 is 2.03 bits per heavy atom. The molecular formula is C18H12FN5O4S. The topological polar surface area (TPSA) is 116 Å². The fourth-order valence-corrected chi connectivity index (χ4v) is 3.51. The van der Waals surface area contributed by atoms with Gasteiger partial charge in [0.05, 0.1) is 18.0 Å². The van der Waals surface area contributed by atoms with Gasteiger partial charge in [-0.1, -0.05) is 0 Å². The minimum absolute atomic E-state index is 0.201. The highest BCUT2D eigenvalue weighted by atomic mass is 32.1. The molecule has 0 saturated heterocycles. The molecule has 0 atom stereocenters. The number of anilines is 1. The molecule has 0 radical (unpaired) electrons. The number of thiazole rings is 1. The summed E-state index contributed by atoms with van der Waals surface area (Å²) in [7, 11) is 0. The molecule has 1 amide bonds. The Morgan fingerprint density at radius 3 is 2.72 bits per heavy atom. The molecule has 0 saturated carbocycles. The van der Waals surface area contributed by atoms with Crippen molar-refractivity contribution in [3.05, 3.63) is 75.5 Å². The SMILES string of the molecule is Cc1ncc(NC(=O)c2ccc([N+](=O)[O-])o2)n1-c1nc(-c2ccc(F)cc2)cs1. The fourth-order valence-electron chi connectivity index (χ4n) is 2.62. The van der Waals surface area contributed by atoms with Gasteiger partial charge in [-0.25, -0.2) is 14.4 Å². The van der Waals surface area contributed by atoms with Crippen LogP contribution in [0.3, 0.4) is 0 Å². The number of hydrogen-bond acceptors (Lipinski definition) is 7. The minimum atomic E-state index is -0.724. The Bertz CT molecular complexity index is 1210. The van der Waals surface area contributed by atoms with Crippen LogP contribution in [-0.4, -0.2) is 25.4 Å². The van der Waals surface area contributed by atoms with E-state index in [2.05, 4.69) is 15.3 Å². The number of aryl methyl sites for hydroxylation is 1. The molecule has 3 aromatic heterocycles. The maximum absolute atomic E-state index is 13.1. The van der Waals surface area contributed by atoms with Crippen molar-refractivity contribution in [1.29, 1.82) is 0 Å². The first-order valence-electron chi connectivity index (χ1n) is 8.24. The molecule has 0 aliphatic rings. The highest BCUT2D eigenvalue weighted by Gasteiger charge is 2.20. The maximum Gasteiger partial charge on any atom is 0.433 e. The zero-order chi connectivity index (χ0) is 20.5. The van der Waals surface area contributed by atoms with E-state index < -0.39 is 16.7 Å². The minimum Gasteiger partial charge on any atom is -0.395 e. The van der Waals surface area contributed by atoms with Gasteiger partial charge in [0.15, 0.2) is 10.9 Å². The van der Waals surface area contributed by atoms with Gasteiger partial charge in [0.2, 0.25) is 0 Å². The molecule has 11 heteroatoms. The lowest BCUT2D eigenvalue weighted by Crippen LogP contribution is -2.14. The number of carbonyl (C=O) groups is 1. The van der Waals surface area contributed by atoms with E-state index in [1.165, 1.54) is 35.7 Å². The predicted molar refractivity (Wildman–Crippen MR) is 103 cm³/mol. The number of aromatic nitrogens is 3. The predicted octanol–water partition coefficient (Wildman–Crippen LogP) is 4.20. The normalized spacial score (nSPS) is 10.8. The molecule has 3 heterocycles. The van der Waals surface area contributed by atoms with Crippen molar-refractivity contribution in [3.63, 3.8) is 0 Å². The summed E-state index contributed by atoms with van der Waals surface area (Å²) in [5.74, 6) is -0.818. The molecule has 146 valence electrons. The molecule has 0 fully saturated rings. The highest BCUT2D eigenvalue weighted by Crippen LogP contribution is 2.28. The average Bonchev–Trinajstić information content (AvgIpc) is 3.42. The summed E-state index contributed by atoms with van der Waals surface area (Å²) >= 11 is 1.32. The second kappa shape index (κ2) is 7.28. The van der Waals surface area contributed by atoms with Crippen molar-refractivity contribution in [1.82, 2.24) is 14.5 Å². The van der Waals surface area contributed by atoms with Gasteiger partial charge in [-0.2, -0.15) is 0 Å². The van der Waals surface area contributed by atoms with Crippen LogP contribution in [0.4, 0.5) is 16.1 Å². The monoisotopic (exact) mass is 413 g/mol. The first-order chi connectivity index (χ1) is 13.9. The van der Waals surface area contributed by atoms with Gasteiger partial charge in [0.25, 0.3) is 5.91 Å². The van der Waals surface area contributed by atoms with Crippen LogP contribution in [0, 0.1) is 22.9 Å². The van der Waals surface area contributed by atoms with E-state index in [1.54, 1.807) is 23.6 Å². The summed E-state index contributed by atoms with van der Waals surface area (Å²) in [6, 6.07) is 8.28. The van der Waals surface area contributed by atoms with E-state index in [1.807, 2.05) is 5.38 Å². The number of amides is 1. The number of furan rings is 1. The fraction of sp³-hybridized carbons (Fsp3) is 0.0556.